The van der Waals surface area contributed by atoms with E-state index in [-0.39, 0.29) is 5.91 Å². The molecule has 0 aromatic heterocycles. The maximum absolute atomic E-state index is 12.7. The van der Waals surface area contributed by atoms with Crippen LogP contribution in [0.3, 0.4) is 0 Å². The molecule has 130 valence electrons. The van der Waals surface area contributed by atoms with E-state index in [1.165, 1.54) is 5.56 Å². The lowest BCUT2D eigenvalue weighted by Crippen LogP contribution is -2.48. The Balaban J connectivity index is 1.51. The number of nitrogens with zero attached hydrogens (tertiary/aromatic N) is 2. The fraction of sp³-hybridized carbons (Fsp3) is 0.318. The molecule has 1 amide bonds. The minimum absolute atomic E-state index is 0.159. The van der Waals surface area contributed by atoms with Crippen LogP contribution in [0.15, 0.2) is 54.6 Å². The second-order valence-electron chi connectivity index (χ2n) is 6.78. The van der Waals surface area contributed by atoms with Gasteiger partial charge in [0, 0.05) is 38.3 Å². The van der Waals surface area contributed by atoms with Gasteiger partial charge in [-0.05, 0) is 31.5 Å². The number of carbonyl (C=O) groups is 1. The van der Waals surface area contributed by atoms with Gasteiger partial charge >= 0.3 is 0 Å². The molecule has 1 aliphatic heterocycles. The Morgan fingerprint density at radius 3 is 2.24 bits per heavy atom. The van der Waals surface area contributed by atoms with Crippen molar-refractivity contribution < 1.29 is 4.79 Å². The predicted molar refractivity (Wildman–Crippen MR) is 104 cm³/mol. The van der Waals surface area contributed by atoms with Gasteiger partial charge in [-0.25, -0.2) is 0 Å². The molecule has 25 heavy (non-hydrogen) atoms. The van der Waals surface area contributed by atoms with Gasteiger partial charge in [-0.3, -0.25) is 9.69 Å². The summed E-state index contributed by atoms with van der Waals surface area (Å²) in [5.41, 5.74) is 4.34. The van der Waals surface area contributed by atoms with Gasteiger partial charge in [0.25, 0.3) is 5.91 Å². The molecule has 2 aromatic rings. The second-order valence-corrected chi connectivity index (χ2v) is 6.78. The molecule has 2 aromatic carbocycles. The van der Waals surface area contributed by atoms with Gasteiger partial charge < -0.3 is 4.90 Å². The highest BCUT2D eigenvalue weighted by Gasteiger charge is 2.21. The highest BCUT2D eigenvalue weighted by Crippen LogP contribution is 2.13. The number of rotatable bonds is 4. The Morgan fingerprint density at radius 2 is 1.60 bits per heavy atom. The Morgan fingerprint density at radius 1 is 0.960 bits per heavy atom. The Bertz CT molecular complexity index is 724. The van der Waals surface area contributed by atoms with Crippen molar-refractivity contribution in [3.8, 4) is 0 Å². The summed E-state index contributed by atoms with van der Waals surface area (Å²) >= 11 is 0. The fourth-order valence-corrected chi connectivity index (χ4v) is 3.32. The summed E-state index contributed by atoms with van der Waals surface area (Å²) in [4.78, 5) is 17.1. The van der Waals surface area contributed by atoms with Gasteiger partial charge in [-0.2, -0.15) is 0 Å². The fourth-order valence-electron chi connectivity index (χ4n) is 3.32. The zero-order valence-electron chi connectivity index (χ0n) is 15.1. The summed E-state index contributed by atoms with van der Waals surface area (Å²) in [6.07, 6.45) is 4.36. The average molecular weight is 334 g/mol. The van der Waals surface area contributed by atoms with Crippen molar-refractivity contribution in [2.24, 2.45) is 0 Å². The Kier molecular flexibility index (Phi) is 5.67. The summed E-state index contributed by atoms with van der Waals surface area (Å²) in [5, 5.41) is 0. The molecule has 0 bridgehead atoms. The zero-order chi connectivity index (χ0) is 17.6. The predicted octanol–water partition coefficient (Wildman–Crippen LogP) is 3.77. The monoisotopic (exact) mass is 334 g/mol. The third kappa shape index (κ3) is 4.80. The molecular weight excluding hydrogens is 308 g/mol. The Labute approximate surface area is 150 Å². The summed E-state index contributed by atoms with van der Waals surface area (Å²) in [7, 11) is 0. The molecule has 0 radical (unpaired) electrons. The molecular formula is C22H26N2O. The molecule has 1 fully saturated rings. The first-order valence-corrected chi connectivity index (χ1v) is 8.93. The van der Waals surface area contributed by atoms with Gasteiger partial charge in [0.15, 0.2) is 0 Å². The van der Waals surface area contributed by atoms with E-state index in [1.807, 2.05) is 36.9 Å². The maximum Gasteiger partial charge on any atom is 0.253 e. The molecule has 0 unspecified atom stereocenters. The smallest absolute Gasteiger partial charge is 0.253 e. The molecule has 0 saturated carbocycles. The van der Waals surface area contributed by atoms with Crippen LogP contribution in [0.4, 0.5) is 0 Å². The van der Waals surface area contributed by atoms with E-state index in [1.54, 1.807) is 0 Å². The number of carbonyl (C=O) groups excluding carboxylic acids is 1. The lowest BCUT2D eigenvalue weighted by atomic mass is 10.1. The first-order chi connectivity index (χ1) is 12.1. The third-order valence-corrected chi connectivity index (χ3v) is 4.60. The summed E-state index contributed by atoms with van der Waals surface area (Å²) in [6.45, 7) is 8.46. The third-order valence-electron chi connectivity index (χ3n) is 4.60. The molecule has 1 aliphatic rings. The number of aryl methyl sites for hydroxylation is 2. The zero-order valence-corrected chi connectivity index (χ0v) is 15.1. The first kappa shape index (κ1) is 17.4. The standard InChI is InChI=1S/C22H26N2O/c1-18-15-19(2)17-21(16-18)22(25)24-13-11-23(12-14-24)10-6-9-20-7-4-3-5-8-20/h3-9,15-17H,10-14H2,1-2H3. The van der Waals surface area contributed by atoms with E-state index in [9.17, 15) is 4.79 Å². The number of piperazine rings is 1. The van der Waals surface area contributed by atoms with Crippen molar-refractivity contribution in [2.75, 3.05) is 32.7 Å². The van der Waals surface area contributed by atoms with Crippen LogP contribution in [0.5, 0.6) is 0 Å². The van der Waals surface area contributed by atoms with Crippen molar-refractivity contribution in [2.45, 2.75) is 13.8 Å². The molecule has 3 nitrogen and oxygen atoms in total. The molecule has 1 saturated heterocycles. The van der Waals surface area contributed by atoms with Crippen molar-refractivity contribution in [3.05, 3.63) is 76.9 Å². The number of hydrogen-bond acceptors (Lipinski definition) is 2. The molecule has 3 heteroatoms. The van der Waals surface area contributed by atoms with Gasteiger partial charge in [0.05, 0.1) is 0 Å². The number of amides is 1. The average Bonchev–Trinajstić information content (AvgIpc) is 2.62. The van der Waals surface area contributed by atoms with Gasteiger partial charge in [-0.1, -0.05) is 59.7 Å². The first-order valence-electron chi connectivity index (χ1n) is 8.93. The number of benzene rings is 2. The van der Waals surface area contributed by atoms with E-state index in [2.05, 4.69) is 47.4 Å². The molecule has 0 spiro atoms. The molecule has 3 rings (SSSR count). The van der Waals surface area contributed by atoms with E-state index >= 15 is 0 Å². The SMILES string of the molecule is Cc1cc(C)cc(C(=O)N2CCN(CC=Cc3ccccc3)CC2)c1. The van der Waals surface area contributed by atoms with E-state index in [0.717, 1.165) is 49.4 Å². The lowest BCUT2D eigenvalue weighted by Gasteiger charge is -2.34. The van der Waals surface area contributed by atoms with Gasteiger partial charge in [-0.15, -0.1) is 0 Å². The van der Waals surface area contributed by atoms with Crippen molar-refractivity contribution in [1.82, 2.24) is 9.80 Å². The van der Waals surface area contributed by atoms with Crippen LogP contribution in [0.1, 0.15) is 27.0 Å². The topological polar surface area (TPSA) is 23.6 Å². The van der Waals surface area contributed by atoms with E-state index in [0.29, 0.717) is 0 Å². The normalized spacial score (nSPS) is 15.7. The van der Waals surface area contributed by atoms with Gasteiger partial charge in [0.2, 0.25) is 0 Å². The summed E-state index contributed by atoms with van der Waals surface area (Å²) in [5.74, 6) is 0.159. The lowest BCUT2D eigenvalue weighted by molar-refractivity contribution is 0.0650. The van der Waals surface area contributed by atoms with Crippen LogP contribution in [-0.2, 0) is 0 Å². The largest absolute Gasteiger partial charge is 0.336 e. The van der Waals surface area contributed by atoms with E-state index in [4.69, 9.17) is 0 Å². The van der Waals surface area contributed by atoms with Crippen LogP contribution >= 0.6 is 0 Å². The second kappa shape index (κ2) is 8.13. The maximum atomic E-state index is 12.7. The molecule has 1 heterocycles. The van der Waals surface area contributed by atoms with Gasteiger partial charge in [0.1, 0.15) is 0 Å². The molecule has 0 aliphatic carbocycles. The number of hydrogen-bond donors (Lipinski definition) is 0. The van der Waals surface area contributed by atoms with E-state index < -0.39 is 0 Å². The van der Waals surface area contributed by atoms with Crippen molar-refractivity contribution in [1.29, 1.82) is 0 Å². The highest BCUT2D eigenvalue weighted by atomic mass is 16.2. The molecule has 0 N–H and O–H groups in total. The minimum Gasteiger partial charge on any atom is -0.336 e. The summed E-state index contributed by atoms with van der Waals surface area (Å²) < 4.78 is 0. The quantitative estimate of drug-likeness (QED) is 0.850. The molecule has 0 atom stereocenters. The highest BCUT2D eigenvalue weighted by molar-refractivity contribution is 5.94. The van der Waals surface area contributed by atoms with Crippen molar-refractivity contribution in [3.63, 3.8) is 0 Å². The van der Waals surface area contributed by atoms with Crippen LogP contribution < -0.4 is 0 Å². The van der Waals surface area contributed by atoms with Crippen LogP contribution in [0.2, 0.25) is 0 Å². The van der Waals surface area contributed by atoms with Crippen LogP contribution in [0.25, 0.3) is 6.08 Å². The Hall–Kier alpha value is -2.39. The van der Waals surface area contributed by atoms with Crippen LogP contribution in [-0.4, -0.2) is 48.4 Å². The van der Waals surface area contributed by atoms with Crippen molar-refractivity contribution >= 4 is 12.0 Å². The minimum atomic E-state index is 0.159. The summed E-state index contributed by atoms with van der Waals surface area (Å²) in [6, 6.07) is 16.4. The van der Waals surface area contributed by atoms with Crippen LogP contribution in [0, 0.1) is 13.8 Å².